The minimum atomic E-state index is 0.165. The standard InChI is InChI=1S/C9H13NOS2/c1-12-5-8-10-9(6-2-3-6)7(4-11)13-8/h6,11H,2-5H2,1H3. The van der Waals surface area contributed by atoms with Crippen molar-refractivity contribution in [1.29, 1.82) is 0 Å². The lowest BCUT2D eigenvalue weighted by Gasteiger charge is -1.92. The summed E-state index contributed by atoms with van der Waals surface area (Å²) in [6.07, 6.45) is 4.60. The molecule has 0 spiro atoms. The summed E-state index contributed by atoms with van der Waals surface area (Å²) in [5, 5.41) is 10.3. The van der Waals surface area contributed by atoms with Gasteiger partial charge in [0.05, 0.1) is 17.2 Å². The molecule has 0 saturated heterocycles. The van der Waals surface area contributed by atoms with Crippen LogP contribution >= 0.6 is 23.1 Å². The van der Waals surface area contributed by atoms with Gasteiger partial charge in [-0.15, -0.1) is 11.3 Å². The van der Waals surface area contributed by atoms with E-state index in [1.165, 1.54) is 23.5 Å². The molecule has 1 aliphatic rings. The first-order chi connectivity index (χ1) is 6.35. The second-order valence-corrected chi connectivity index (χ2v) is 5.32. The fourth-order valence-corrected chi connectivity index (χ4v) is 3.10. The molecule has 2 nitrogen and oxygen atoms in total. The summed E-state index contributed by atoms with van der Waals surface area (Å²) in [7, 11) is 0. The molecule has 0 unspecified atom stereocenters. The molecule has 1 N–H and O–H groups in total. The third kappa shape index (κ3) is 2.06. The van der Waals surface area contributed by atoms with Crippen LogP contribution in [0.15, 0.2) is 0 Å². The molecule has 0 aromatic carbocycles. The van der Waals surface area contributed by atoms with Gasteiger partial charge in [0.25, 0.3) is 0 Å². The van der Waals surface area contributed by atoms with E-state index in [2.05, 4.69) is 11.2 Å². The van der Waals surface area contributed by atoms with Gasteiger partial charge in [-0.2, -0.15) is 11.8 Å². The second kappa shape index (κ2) is 3.98. The number of aliphatic hydroxyl groups excluding tert-OH is 1. The predicted octanol–water partition coefficient (Wildman–Crippen LogP) is 2.38. The maximum Gasteiger partial charge on any atom is 0.103 e. The highest BCUT2D eigenvalue weighted by atomic mass is 32.2. The summed E-state index contributed by atoms with van der Waals surface area (Å²) in [5.41, 5.74) is 1.18. The lowest BCUT2D eigenvalue weighted by Crippen LogP contribution is -1.87. The normalized spacial score (nSPS) is 16.5. The van der Waals surface area contributed by atoms with E-state index >= 15 is 0 Å². The summed E-state index contributed by atoms with van der Waals surface area (Å²) in [6, 6.07) is 0. The molecule has 72 valence electrons. The van der Waals surface area contributed by atoms with E-state index < -0.39 is 0 Å². The van der Waals surface area contributed by atoms with Crippen molar-refractivity contribution < 1.29 is 5.11 Å². The van der Waals surface area contributed by atoms with Crippen LogP contribution in [0.5, 0.6) is 0 Å². The topological polar surface area (TPSA) is 33.1 Å². The number of aromatic nitrogens is 1. The molecule has 0 atom stereocenters. The SMILES string of the molecule is CSCc1nc(C2CC2)c(CO)s1. The molecule has 1 aromatic rings. The molecule has 13 heavy (non-hydrogen) atoms. The van der Waals surface area contributed by atoms with Crippen LogP contribution in [0.2, 0.25) is 0 Å². The third-order valence-corrected chi connectivity index (χ3v) is 3.95. The van der Waals surface area contributed by atoms with Gasteiger partial charge in [0.1, 0.15) is 5.01 Å². The van der Waals surface area contributed by atoms with Crippen LogP contribution in [0.3, 0.4) is 0 Å². The summed E-state index contributed by atoms with van der Waals surface area (Å²) < 4.78 is 0. The van der Waals surface area contributed by atoms with Gasteiger partial charge in [-0.05, 0) is 19.1 Å². The smallest absolute Gasteiger partial charge is 0.103 e. The van der Waals surface area contributed by atoms with Crippen molar-refractivity contribution in [3.8, 4) is 0 Å². The quantitative estimate of drug-likeness (QED) is 0.837. The Bertz CT molecular complexity index is 294. The van der Waals surface area contributed by atoms with Gasteiger partial charge >= 0.3 is 0 Å². The maximum absolute atomic E-state index is 9.14. The highest BCUT2D eigenvalue weighted by molar-refractivity contribution is 7.97. The van der Waals surface area contributed by atoms with Gasteiger partial charge in [0.15, 0.2) is 0 Å². The van der Waals surface area contributed by atoms with Crippen LogP contribution in [0.1, 0.15) is 34.3 Å². The van der Waals surface area contributed by atoms with Crippen molar-refractivity contribution in [3.63, 3.8) is 0 Å². The van der Waals surface area contributed by atoms with Crippen molar-refractivity contribution in [3.05, 3.63) is 15.6 Å². The van der Waals surface area contributed by atoms with Gasteiger partial charge in [-0.1, -0.05) is 0 Å². The van der Waals surface area contributed by atoms with E-state index in [1.54, 1.807) is 23.1 Å². The highest BCUT2D eigenvalue weighted by Gasteiger charge is 2.29. The summed E-state index contributed by atoms with van der Waals surface area (Å²) in [4.78, 5) is 5.66. The summed E-state index contributed by atoms with van der Waals surface area (Å²) in [6.45, 7) is 0.165. The number of hydrogen-bond donors (Lipinski definition) is 1. The minimum Gasteiger partial charge on any atom is -0.391 e. The van der Waals surface area contributed by atoms with Crippen molar-refractivity contribution in [2.75, 3.05) is 6.26 Å². The molecule has 0 bridgehead atoms. The maximum atomic E-state index is 9.14. The van der Waals surface area contributed by atoms with Gasteiger partial charge in [0, 0.05) is 11.7 Å². The molecule has 0 aliphatic heterocycles. The molecule has 1 fully saturated rings. The Labute approximate surface area is 86.4 Å². The van der Waals surface area contributed by atoms with E-state index in [0.717, 1.165) is 10.6 Å². The van der Waals surface area contributed by atoms with Gasteiger partial charge < -0.3 is 5.11 Å². The van der Waals surface area contributed by atoms with Crippen LogP contribution in [0.4, 0.5) is 0 Å². The Morgan fingerprint density at radius 3 is 2.92 bits per heavy atom. The zero-order valence-electron chi connectivity index (χ0n) is 7.62. The molecule has 1 heterocycles. The number of thiazole rings is 1. The first-order valence-electron chi connectivity index (χ1n) is 4.43. The van der Waals surface area contributed by atoms with E-state index in [4.69, 9.17) is 5.11 Å². The van der Waals surface area contributed by atoms with Gasteiger partial charge in [-0.25, -0.2) is 4.98 Å². The average Bonchev–Trinajstić information content (AvgIpc) is 2.89. The van der Waals surface area contributed by atoms with Crippen molar-refractivity contribution in [2.45, 2.75) is 31.1 Å². The predicted molar refractivity (Wildman–Crippen MR) is 57.2 cm³/mol. The number of nitrogens with zero attached hydrogens (tertiary/aromatic N) is 1. The largest absolute Gasteiger partial charge is 0.391 e. The van der Waals surface area contributed by atoms with Crippen LogP contribution in [0, 0.1) is 0 Å². The van der Waals surface area contributed by atoms with Crippen molar-refractivity contribution in [1.82, 2.24) is 4.98 Å². The molecule has 0 radical (unpaired) electrons. The third-order valence-electron chi connectivity index (χ3n) is 2.15. The lowest BCUT2D eigenvalue weighted by molar-refractivity contribution is 0.284. The fourth-order valence-electron chi connectivity index (χ4n) is 1.39. The van der Waals surface area contributed by atoms with E-state index in [-0.39, 0.29) is 6.61 Å². The molecule has 2 rings (SSSR count). The van der Waals surface area contributed by atoms with Crippen molar-refractivity contribution >= 4 is 23.1 Å². The van der Waals surface area contributed by atoms with Crippen molar-refractivity contribution in [2.24, 2.45) is 0 Å². The van der Waals surface area contributed by atoms with Gasteiger partial charge in [-0.3, -0.25) is 0 Å². The van der Waals surface area contributed by atoms with Crippen LogP contribution in [-0.2, 0) is 12.4 Å². The van der Waals surface area contributed by atoms with Crippen LogP contribution < -0.4 is 0 Å². The summed E-state index contributed by atoms with van der Waals surface area (Å²) >= 11 is 3.46. The first kappa shape index (κ1) is 9.49. The number of aliphatic hydroxyl groups is 1. The van der Waals surface area contributed by atoms with Crippen LogP contribution in [0.25, 0.3) is 0 Å². The average molecular weight is 215 g/mol. The number of hydrogen-bond acceptors (Lipinski definition) is 4. The van der Waals surface area contributed by atoms with Gasteiger partial charge in [0.2, 0.25) is 0 Å². The zero-order chi connectivity index (χ0) is 9.26. The minimum absolute atomic E-state index is 0.165. The number of rotatable bonds is 4. The van der Waals surface area contributed by atoms with E-state index in [0.29, 0.717) is 5.92 Å². The Hall–Kier alpha value is -0.0600. The molecule has 1 aliphatic carbocycles. The Balaban J connectivity index is 2.20. The second-order valence-electron chi connectivity index (χ2n) is 3.28. The fraction of sp³-hybridized carbons (Fsp3) is 0.667. The Morgan fingerprint density at radius 1 is 1.62 bits per heavy atom. The first-order valence-corrected chi connectivity index (χ1v) is 6.64. The zero-order valence-corrected chi connectivity index (χ0v) is 9.25. The number of thioether (sulfide) groups is 1. The van der Waals surface area contributed by atoms with E-state index in [1.807, 2.05) is 0 Å². The molecule has 0 amide bonds. The monoisotopic (exact) mass is 215 g/mol. The lowest BCUT2D eigenvalue weighted by atomic mass is 10.2. The molecular formula is C9H13NOS2. The molecule has 1 aromatic heterocycles. The van der Waals surface area contributed by atoms with E-state index in [9.17, 15) is 0 Å². The molecule has 4 heteroatoms. The Kier molecular flexibility index (Phi) is 2.91. The molecular weight excluding hydrogens is 202 g/mol. The highest BCUT2D eigenvalue weighted by Crippen LogP contribution is 2.42. The van der Waals surface area contributed by atoms with Crippen LogP contribution in [-0.4, -0.2) is 16.3 Å². The summed E-state index contributed by atoms with van der Waals surface area (Å²) in [5.74, 6) is 1.64. The molecule has 1 saturated carbocycles. The Morgan fingerprint density at radius 2 is 2.38 bits per heavy atom.